The summed E-state index contributed by atoms with van der Waals surface area (Å²) in [5.41, 5.74) is 3.92. The second kappa shape index (κ2) is 8.00. The monoisotopic (exact) mass is 408 g/mol. The van der Waals surface area contributed by atoms with Crippen LogP contribution in [0.1, 0.15) is 30.2 Å². The van der Waals surface area contributed by atoms with Crippen molar-refractivity contribution in [3.05, 3.63) is 63.5 Å². The Balaban J connectivity index is 1.45. The van der Waals surface area contributed by atoms with Crippen molar-refractivity contribution in [2.24, 2.45) is 0 Å². The van der Waals surface area contributed by atoms with E-state index >= 15 is 0 Å². The summed E-state index contributed by atoms with van der Waals surface area (Å²) >= 11 is 1.48. The zero-order chi connectivity index (χ0) is 20.4. The number of rotatable bonds is 5. The average molecular weight is 408 g/mol. The summed E-state index contributed by atoms with van der Waals surface area (Å²) in [7, 11) is 0. The maximum Gasteiger partial charge on any atom is 0.280 e. The molecule has 29 heavy (non-hydrogen) atoms. The van der Waals surface area contributed by atoms with E-state index in [0.29, 0.717) is 16.6 Å². The lowest BCUT2D eigenvalue weighted by molar-refractivity contribution is -0.117. The van der Waals surface area contributed by atoms with E-state index in [1.54, 1.807) is 11.0 Å². The van der Waals surface area contributed by atoms with Crippen LogP contribution in [0.15, 0.2) is 47.5 Å². The number of amides is 2. The molecule has 148 valence electrons. The van der Waals surface area contributed by atoms with Gasteiger partial charge in [-0.1, -0.05) is 19.1 Å². The molecule has 0 spiro atoms. The maximum absolute atomic E-state index is 12.5. The molecule has 0 bridgehead atoms. The van der Waals surface area contributed by atoms with Gasteiger partial charge < -0.3 is 4.90 Å². The quantitative estimate of drug-likeness (QED) is 0.658. The van der Waals surface area contributed by atoms with Crippen molar-refractivity contribution in [1.29, 1.82) is 0 Å². The van der Waals surface area contributed by atoms with Crippen LogP contribution in [0.4, 0.5) is 5.69 Å². The van der Waals surface area contributed by atoms with Crippen LogP contribution >= 0.6 is 11.3 Å². The number of carbonyl (C=O) groups excluding carboxylic acids is 2. The van der Waals surface area contributed by atoms with Gasteiger partial charge in [0.05, 0.1) is 5.39 Å². The number of aromatic nitrogens is 2. The molecule has 1 aliphatic rings. The largest absolute Gasteiger partial charge is 0.312 e. The number of nitrogens with zero attached hydrogens (tertiary/aromatic N) is 3. The standard InChI is InChI=1S/C21H20N4O3S/c1-2-16-12-17-20(29-16)22-13-25(21(17)28)23-18(26)10-7-14-5-8-15(9-6-14)24-11-3-4-19(24)27/h5-10,12-13H,2-4,11H2,1H3,(H,23,26)/b10-7+. The summed E-state index contributed by atoms with van der Waals surface area (Å²) in [5, 5.41) is 0.505. The molecule has 3 aromatic rings. The van der Waals surface area contributed by atoms with Gasteiger partial charge in [-0.25, -0.2) is 9.66 Å². The van der Waals surface area contributed by atoms with Crippen LogP contribution in [0.25, 0.3) is 16.3 Å². The third kappa shape index (κ3) is 3.97. The first kappa shape index (κ1) is 19.1. The third-order valence-corrected chi connectivity index (χ3v) is 5.97. The molecule has 0 atom stereocenters. The Kier molecular flexibility index (Phi) is 5.26. The molecular formula is C21H20N4O3S. The zero-order valence-corrected chi connectivity index (χ0v) is 16.7. The topological polar surface area (TPSA) is 84.3 Å². The van der Waals surface area contributed by atoms with Gasteiger partial charge in [0.1, 0.15) is 11.2 Å². The minimum absolute atomic E-state index is 0.139. The lowest BCUT2D eigenvalue weighted by atomic mass is 10.2. The van der Waals surface area contributed by atoms with Crippen LogP contribution in [0, 0.1) is 0 Å². The zero-order valence-electron chi connectivity index (χ0n) is 15.9. The van der Waals surface area contributed by atoms with E-state index < -0.39 is 5.91 Å². The van der Waals surface area contributed by atoms with Gasteiger partial charge in [-0.05, 0) is 42.7 Å². The second-order valence-corrected chi connectivity index (χ2v) is 7.87. The van der Waals surface area contributed by atoms with E-state index in [-0.39, 0.29) is 11.5 Å². The number of thiophene rings is 1. The fourth-order valence-electron chi connectivity index (χ4n) is 3.24. The van der Waals surface area contributed by atoms with Gasteiger partial charge in [0.15, 0.2) is 0 Å². The third-order valence-electron chi connectivity index (χ3n) is 4.79. The molecule has 7 nitrogen and oxygen atoms in total. The summed E-state index contributed by atoms with van der Waals surface area (Å²) in [6, 6.07) is 9.25. The Hall–Kier alpha value is -3.26. The molecule has 2 aromatic heterocycles. The van der Waals surface area contributed by atoms with Crippen LogP contribution in [0.5, 0.6) is 0 Å². The lowest BCUT2D eigenvalue weighted by Crippen LogP contribution is -2.32. The molecule has 0 aliphatic carbocycles. The number of benzene rings is 1. The van der Waals surface area contributed by atoms with Crippen molar-refractivity contribution >= 4 is 45.1 Å². The van der Waals surface area contributed by atoms with Crippen molar-refractivity contribution in [3.63, 3.8) is 0 Å². The highest BCUT2D eigenvalue weighted by Gasteiger charge is 2.21. The van der Waals surface area contributed by atoms with Crippen LogP contribution < -0.4 is 15.9 Å². The predicted octanol–water partition coefficient (Wildman–Crippen LogP) is 2.93. The van der Waals surface area contributed by atoms with Gasteiger partial charge in [-0.2, -0.15) is 0 Å². The number of hydrogen-bond acceptors (Lipinski definition) is 5. The summed E-state index contributed by atoms with van der Waals surface area (Å²) in [4.78, 5) is 44.3. The summed E-state index contributed by atoms with van der Waals surface area (Å²) in [5.74, 6) is -0.293. The highest BCUT2D eigenvalue weighted by molar-refractivity contribution is 7.18. The fourth-order valence-corrected chi connectivity index (χ4v) is 4.17. The molecule has 2 amide bonds. The molecule has 1 aliphatic heterocycles. The Morgan fingerprint density at radius 3 is 2.76 bits per heavy atom. The molecule has 1 N–H and O–H groups in total. The molecule has 3 heterocycles. The van der Waals surface area contributed by atoms with Gasteiger partial charge in [0, 0.05) is 29.6 Å². The number of fused-ring (bicyclic) bond motifs is 1. The summed E-state index contributed by atoms with van der Waals surface area (Å²) in [6.45, 7) is 2.76. The minimum Gasteiger partial charge on any atom is -0.312 e. The van der Waals surface area contributed by atoms with Gasteiger partial charge in [0.2, 0.25) is 5.91 Å². The predicted molar refractivity (Wildman–Crippen MR) is 115 cm³/mol. The van der Waals surface area contributed by atoms with E-state index in [4.69, 9.17) is 0 Å². The maximum atomic E-state index is 12.5. The second-order valence-electron chi connectivity index (χ2n) is 6.75. The Bertz CT molecular complexity index is 1160. The first-order valence-corrected chi connectivity index (χ1v) is 10.3. The Labute approximate surface area is 171 Å². The smallest absolute Gasteiger partial charge is 0.280 e. The number of aryl methyl sites for hydroxylation is 1. The van der Waals surface area contributed by atoms with Crippen LogP contribution in [0.2, 0.25) is 0 Å². The molecular weight excluding hydrogens is 388 g/mol. The Morgan fingerprint density at radius 2 is 2.07 bits per heavy atom. The number of nitrogens with one attached hydrogen (secondary N) is 1. The highest BCUT2D eigenvalue weighted by atomic mass is 32.1. The van der Waals surface area contributed by atoms with Crippen molar-refractivity contribution in [2.75, 3.05) is 16.9 Å². The van der Waals surface area contributed by atoms with E-state index in [0.717, 1.165) is 40.2 Å². The average Bonchev–Trinajstić information content (AvgIpc) is 3.35. The van der Waals surface area contributed by atoms with Crippen molar-refractivity contribution < 1.29 is 9.59 Å². The highest BCUT2D eigenvalue weighted by Crippen LogP contribution is 2.22. The molecule has 0 unspecified atom stereocenters. The molecule has 1 saturated heterocycles. The first-order chi connectivity index (χ1) is 14.0. The summed E-state index contributed by atoms with van der Waals surface area (Å²) < 4.78 is 1.10. The van der Waals surface area contributed by atoms with Gasteiger partial charge in [-0.3, -0.25) is 19.8 Å². The van der Waals surface area contributed by atoms with E-state index in [9.17, 15) is 14.4 Å². The SMILES string of the molecule is CCc1cc2c(=O)n(NC(=O)/C=C/c3ccc(N4CCCC4=O)cc3)cnc2s1. The molecule has 0 radical (unpaired) electrons. The first-order valence-electron chi connectivity index (χ1n) is 9.44. The normalized spacial score (nSPS) is 14.2. The van der Waals surface area contributed by atoms with Crippen LogP contribution in [0.3, 0.4) is 0 Å². The fraction of sp³-hybridized carbons (Fsp3) is 0.238. The van der Waals surface area contributed by atoms with E-state index in [1.807, 2.05) is 37.3 Å². The van der Waals surface area contributed by atoms with E-state index in [2.05, 4.69) is 10.4 Å². The molecule has 1 aromatic carbocycles. The van der Waals surface area contributed by atoms with Crippen molar-refractivity contribution in [1.82, 2.24) is 9.66 Å². The minimum atomic E-state index is -0.432. The molecule has 1 fully saturated rings. The van der Waals surface area contributed by atoms with Crippen LogP contribution in [-0.2, 0) is 16.0 Å². The van der Waals surface area contributed by atoms with Crippen molar-refractivity contribution in [3.8, 4) is 0 Å². The van der Waals surface area contributed by atoms with Gasteiger partial charge in [-0.15, -0.1) is 11.3 Å². The number of hydrogen-bond donors (Lipinski definition) is 1. The van der Waals surface area contributed by atoms with E-state index in [1.165, 1.54) is 23.7 Å². The Morgan fingerprint density at radius 1 is 1.28 bits per heavy atom. The number of anilines is 1. The molecule has 8 heteroatoms. The van der Waals surface area contributed by atoms with Gasteiger partial charge in [0.25, 0.3) is 11.5 Å². The molecule has 4 rings (SSSR count). The van der Waals surface area contributed by atoms with Crippen molar-refractivity contribution in [2.45, 2.75) is 26.2 Å². The van der Waals surface area contributed by atoms with Gasteiger partial charge >= 0.3 is 0 Å². The lowest BCUT2D eigenvalue weighted by Gasteiger charge is -2.15. The van der Waals surface area contributed by atoms with Crippen LogP contribution in [-0.4, -0.2) is 28.0 Å². The summed E-state index contributed by atoms with van der Waals surface area (Å²) in [6.07, 6.45) is 6.65. The molecule has 0 saturated carbocycles. The number of carbonyl (C=O) groups is 2.